The van der Waals surface area contributed by atoms with Crippen molar-refractivity contribution in [1.29, 1.82) is 0 Å². The molecular formula is C38H73O10P. The van der Waals surface area contributed by atoms with E-state index in [4.69, 9.17) is 19.1 Å². The van der Waals surface area contributed by atoms with Crippen molar-refractivity contribution in [1.82, 2.24) is 0 Å². The second-order valence-corrected chi connectivity index (χ2v) is 14.8. The van der Waals surface area contributed by atoms with Crippen molar-refractivity contribution in [3.05, 3.63) is 12.2 Å². The number of carbonyl (C=O) groups is 2. The molecular weight excluding hydrogens is 647 g/mol. The second kappa shape index (κ2) is 35.1. The van der Waals surface area contributed by atoms with Crippen LogP contribution in [0.2, 0.25) is 0 Å². The summed E-state index contributed by atoms with van der Waals surface area (Å²) < 4.78 is 32.6. The number of phosphoric acid groups is 1. The zero-order valence-electron chi connectivity index (χ0n) is 31.2. The number of hydrogen-bond acceptors (Lipinski definition) is 9. The normalized spacial score (nSPS) is 14.1. The van der Waals surface area contributed by atoms with Gasteiger partial charge in [0.15, 0.2) is 6.10 Å². The summed E-state index contributed by atoms with van der Waals surface area (Å²) in [5.74, 6) is -0.929. The Labute approximate surface area is 298 Å². The maximum atomic E-state index is 12.5. The maximum Gasteiger partial charge on any atom is 0.472 e. The second-order valence-electron chi connectivity index (χ2n) is 13.3. The van der Waals surface area contributed by atoms with Crippen molar-refractivity contribution >= 4 is 19.8 Å². The van der Waals surface area contributed by atoms with Crippen LogP contribution in [0.3, 0.4) is 0 Å². The molecule has 11 heteroatoms. The SMILES string of the molecule is CCCCCC/C=C/CCCCCCCC(=O)O[C@@H](COC(=O)CCCCCCCCCCCCCCC)COP(=O)(O)OC[C@H](O)CO. The van der Waals surface area contributed by atoms with Crippen LogP contribution in [0.15, 0.2) is 12.2 Å². The molecule has 0 aliphatic rings. The molecule has 0 aromatic heterocycles. The highest BCUT2D eigenvalue weighted by atomic mass is 31.2. The highest BCUT2D eigenvalue weighted by molar-refractivity contribution is 7.47. The third kappa shape index (κ3) is 34.9. The van der Waals surface area contributed by atoms with E-state index in [2.05, 4.69) is 30.5 Å². The van der Waals surface area contributed by atoms with Crippen LogP contribution >= 0.6 is 7.82 Å². The maximum absolute atomic E-state index is 12.5. The Hall–Kier alpha value is -1.29. The molecule has 0 saturated carbocycles. The molecule has 0 aliphatic carbocycles. The lowest BCUT2D eigenvalue weighted by atomic mass is 10.0. The molecule has 290 valence electrons. The van der Waals surface area contributed by atoms with Crippen LogP contribution in [0.4, 0.5) is 0 Å². The van der Waals surface area contributed by atoms with E-state index in [1.54, 1.807) is 0 Å². The summed E-state index contributed by atoms with van der Waals surface area (Å²) in [6.45, 7) is 2.35. The minimum absolute atomic E-state index is 0.178. The number of allylic oxidation sites excluding steroid dienone is 2. The van der Waals surface area contributed by atoms with Crippen LogP contribution < -0.4 is 0 Å². The largest absolute Gasteiger partial charge is 0.472 e. The van der Waals surface area contributed by atoms with Crippen LogP contribution in [0.1, 0.15) is 181 Å². The molecule has 0 amide bonds. The zero-order valence-corrected chi connectivity index (χ0v) is 32.1. The van der Waals surface area contributed by atoms with Gasteiger partial charge in [-0.2, -0.15) is 0 Å². The fourth-order valence-electron chi connectivity index (χ4n) is 5.34. The lowest BCUT2D eigenvalue weighted by Crippen LogP contribution is -2.29. The third-order valence-electron chi connectivity index (χ3n) is 8.42. The Balaban J connectivity index is 4.35. The van der Waals surface area contributed by atoms with Gasteiger partial charge < -0.3 is 24.6 Å². The van der Waals surface area contributed by atoms with E-state index in [1.807, 2.05) is 0 Å². The summed E-state index contributed by atoms with van der Waals surface area (Å²) in [5.41, 5.74) is 0. The minimum Gasteiger partial charge on any atom is -0.462 e. The van der Waals surface area contributed by atoms with Crippen molar-refractivity contribution in [3.63, 3.8) is 0 Å². The quantitative estimate of drug-likeness (QED) is 0.0245. The Morgan fingerprint density at radius 2 is 1.00 bits per heavy atom. The monoisotopic (exact) mass is 720 g/mol. The molecule has 0 aromatic rings. The molecule has 3 N–H and O–H groups in total. The molecule has 0 fully saturated rings. The van der Waals surface area contributed by atoms with Gasteiger partial charge in [-0.1, -0.05) is 142 Å². The average molecular weight is 721 g/mol. The lowest BCUT2D eigenvalue weighted by molar-refractivity contribution is -0.161. The first-order valence-electron chi connectivity index (χ1n) is 19.6. The molecule has 1 unspecified atom stereocenters. The summed E-state index contributed by atoms with van der Waals surface area (Å²) in [4.78, 5) is 34.8. The van der Waals surface area contributed by atoms with Crippen molar-refractivity contribution in [3.8, 4) is 0 Å². The van der Waals surface area contributed by atoms with Crippen LogP contribution in [0.25, 0.3) is 0 Å². The van der Waals surface area contributed by atoms with Gasteiger partial charge in [0.1, 0.15) is 12.7 Å². The number of ether oxygens (including phenoxy) is 2. The Bertz CT molecular complexity index is 837. The third-order valence-corrected chi connectivity index (χ3v) is 9.37. The Morgan fingerprint density at radius 3 is 1.49 bits per heavy atom. The van der Waals surface area contributed by atoms with Crippen molar-refractivity contribution in [2.75, 3.05) is 26.4 Å². The van der Waals surface area contributed by atoms with Crippen LogP contribution in [0, 0.1) is 0 Å². The van der Waals surface area contributed by atoms with Gasteiger partial charge in [-0.25, -0.2) is 4.57 Å². The number of carbonyl (C=O) groups excluding carboxylic acids is 2. The van der Waals surface area contributed by atoms with Crippen molar-refractivity contribution < 1.29 is 47.8 Å². The van der Waals surface area contributed by atoms with Gasteiger partial charge in [-0.15, -0.1) is 0 Å². The lowest BCUT2D eigenvalue weighted by Gasteiger charge is -2.20. The van der Waals surface area contributed by atoms with Crippen molar-refractivity contribution in [2.24, 2.45) is 0 Å². The summed E-state index contributed by atoms with van der Waals surface area (Å²) in [6.07, 6.45) is 30.3. The van der Waals surface area contributed by atoms with Gasteiger partial charge in [-0.05, 0) is 38.5 Å². The van der Waals surface area contributed by atoms with Crippen LogP contribution in [-0.2, 0) is 32.7 Å². The standard InChI is InChI=1S/C38H73O10P/c1-3-5-7-9-11-13-15-17-19-21-23-25-27-29-37(41)45-33-36(34-47-49(43,44)46-32-35(40)31-39)48-38(42)30-28-26-24-22-20-18-16-14-12-10-8-6-4-2/h14,16,35-36,39-40H,3-13,15,17-34H2,1-2H3,(H,43,44)/b16-14+/t35-,36+/m1/s1. The fraction of sp³-hybridized carbons (Fsp3) is 0.895. The zero-order chi connectivity index (χ0) is 36.3. The van der Waals surface area contributed by atoms with E-state index < -0.39 is 51.8 Å². The molecule has 0 spiro atoms. The van der Waals surface area contributed by atoms with Gasteiger partial charge in [0.2, 0.25) is 0 Å². The predicted molar refractivity (Wildman–Crippen MR) is 196 cm³/mol. The molecule has 0 aromatic carbocycles. The number of phosphoric ester groups is 1. The van der Waals surface area contributed by atoms with Gasteiger partial charge in [0.05, 0.1) is 19.8 Å². The topological polar surface area (TPSA) is 149 Å². The molecule has 3 atom stereocenters. The van der Waals surface area contributed by atoms with E-state index in [-0.39, 0.29) is 19.4 Å². The minimum atomic E-state index is -4.61. The molecule has 10 nitrogen and oxygen atoms in total. The fourth-order valence-corrected chi connectivity index (χ4v) is 6.13. The van der Waals surface area contributed by atoms with Gasteiger partial charge >= 0.3 is 19.8 Å². The first-order valence-corrected chi connectivity index (χ1v) is 21.1. The highest BCUT2D eigenvalue weighted by Crippen LogP contribution is 2.43. The molecule has 0 aliphatic heterocycles. The van der Waals surface area contributed by atoms with Crippen LogP contribution in [0.5, 0.6) is 0 Å². The molecule has 0 rings (SSSR count). The number of rotatable bonds is 37. The molecule has 0 bridgehead atoms. The number of unbranched alkanes of at least 4 members (excludes halogenated alkanes) is 21. The average Bonchev–Trinajstić information content (AvgIpc) is 3.09. The van der Waals surface area contributed by atoms with E-state index in [9.17, 15) is 24.2 Å². The first-order chi connectivity index (χ1) is 23.7. The Kier molecular flexibility index (Phi) is 34.2. The highest BCUT2D eigenvalue weighted by Gasteiger charge is 2.27. The number of aliphatic hydroxyl groups excluding tert-OH is 2. The number of aliphatic hydroxyl groups is 2. The predicted octanol–water partition coefficient (Wildman–Crippen LogP) is 9.67. The first kappa shape index (κ1) is 47.7. The van der Waals surface area contributed by atoms with Gasteiger partial charge in [-0.3, -0.25) is 18.6 Å². The Morgan fingerprint density at radius 1 is 0.592 bits per heavy atom. The molecule has 0 radical (unpaired) electrons. The molecule has 49 heavy (non-hydrogen) atoms. The van der Waals surface area contributed by atoms with Crippen molar-refractivity contribution in [2.45, 2.75) is 193 Å². The summed E-state index contributed by atoms with van der Waals surface area (Å²) in [6, 6.07) is 0. The molecule has 0 saturated heterocycles. The summed E-state index contributed by atoms with van der Waals surface area (Å²) in [5, 5.41) is 18.3. The number of esters is 2. The molecule has 0 heterocycles. The van der Waals surface area contributed by atoms with Gasteiger partial charge in [0, 0.05) is 12.8 Å². The van der Waals surface area contributed by atoms with Crippen LogP contribution in [-0.4, -0.2) is 65.7 Å². The number of hydrogen-bond donors (Lipinski definition) is 3. The summed E-state index contributed by atoms with van der Waals surface area (Å²) >= 11 is 0. The van der Waals surface area contributed by atoms with Gasteiger partial charge in [0.25, 0.3) is 0 Å². The van der Waals surface area contributed by atoms with E-state index in [1.165, 1.54) is 83.5 Å². The summed E-state index contributed by atoms with van der Waals surface area (Å²) in [7, 11) is -4.61. The van der Waals surface area contributed by atoms with E-state index >= 15 is 0 Å². The van der Waals surface area contributed by atoms with E-state index in [0.29, 0.717) is 12.8 Å². The smallest absolute Gasteiger partial charge is 0.462 e. The van der Waals surface area contributed by atoms with E-state index in [0.717, 1.165) is 57.8 Å².